The molecule has 0 radical (unpaired) electrons. The zero-order valence-corrected chi connectivity index (χ0v) is 15.7. The number of nitrogens with zero attached hydrogens (tertiary/aromatic N) is 1. The van der Waals surface area contributed by atoms with Crippen LogP contribution in [0.15, 0.2) is 71.1 Å². The number of carboxylic acids is 1. The van der Waals surface area contributed by atoms with Crippen molar-refractivity contribution >= 4 is 34.4 Å². The first-order valence-corrected chi connectivity index (χ1v) is 9.08. The predicted octanol–water partition coefficient (Wildman–Crippen LogP) is 5.96. The van der Waals surface area contributed by atoms with Crippen molar-refractivity contribution in [3.8, 4) is 22.3 Å². The molecule has 1 aromatic heterocycles. The Balaban J connectivity index is 1.84. The van der Waals surface area contributed by atoms with Gasteiger partial charge in [0.2, 0.25) is 0 Å². The van der Waals surface area contributed by atoms with Crippen LogP contribution in [0.5, 0.6) is 0 Å². The second-order valence-corrected chi connectivity index (χ2v) is 6.96. The Hall–Kier alpha value is -3.64. The minimum Gasteiger partial charge on any atom is -0.481 e. The van der Waals surface area contributed by atoms with Crippen molar-refractivity contribution in [2.75, 3.05) is 0 Å². The SMILES string of the molecule is O=C(O)Cc1ccc(-c2ccc3oc([N+](=O)[O-])c(-c4ccc(Cl)cc4)c3c2)cc1. The third kappa shape index (κ3) is 3.70. The highest BCUT2D eigenvalue weighted by molar-refractivity contribution is 6.30. The van der Waals surface area contributed by atoms with Gasteiger partial charge in [-0.15, -0.1) is 0 Å². The molecule has 1 heterocycles. The molecule has 0 spiro atoms. The first-order chi connectivity index (χ1) is 13.9. The van der Waals surface area contributed by atoms with Gasteiger partial charge in [-0.25, -0.2) is 0 Å². The largest absolute Gasteiger partial charge is 0.481 e. The lowest BCUT2D eigenvalue weighted by molar-refractivity contribution is -0.400. The van der Waals surface area contributed by atoms with Gasteiger partial charge in [-0.1, -0.05) is 54.1 Å². The lowest BCUT2D eigenvalue weighted by Crippen LogP contribution is -1.99. The molecule has 29 heavy (non-hydrogen) atoms. The fourth-order valence-corrected chi connectivity index (χ4v) is 3.40. The summed E-state index contributed by atoms with van der Waals surface area (Å²) >= 11 is 5.95. The van der Waals surface area contributed by atoms with Gasteiger partial charge >= 0.3 is 11.9 Å². The number of carbonyl (C=O) groups is 1. The molecule has 0 saturated carbocycles. The molecule has 0 fully saturated rings. The Bertz CT molecular complexity index is 1230. The average Bonchev–Trinajstić information content (AvgIpc) is 3.08. The Kier molecular flexibility index (Phi) is 4.78. The van der Waals surface area contributed by atoms with Crippen LogP contribution >= 0.6 is 11.6 Å². The van der Waals surface area contributed by atoms with Crippen LogP contribution in [-0.4, -0.2) is 16.0 Å². The normalized spacial score (nSPS) is 10.9. The number of nitro groups is 1. The summed E-state index contributed by atoms with van der Waals surface area (Å²) in [5, 5.41) is 21.6. The van der Waals surface area contributed by atoms with Crippen LogP contribution in [-0.2, 0) is 11.2 Å². The highest BCUT2D eigenvalue weighted by Gasteiger charge is 2.25. The summed E-state index contributed by atoms with van der Waals surface area (Å²) in [7, 11) is 0. The summed E-state index contributed by atoms with van der Waals surface area (Å²) in [5.74, 6) is -1.21. The molecule has 3 aromatic carbocycles. The summed E-state index contributed by atoms with van der Waals surface area (Å²) in [6.45, 7) is 0. The van der Waals surface area contributed by atoms with Gasteiger partial charge in [-0.2, -0.15) is 0 Å². The minimum absolute atomic E-state index is 0.0477. The first-order valence-electron chi connectivity index (χ1n) is 8.70. The Morgan fingerprint density at radius 3 is 2.21 bits per heavy atom. The number of carboxylic acid groups (broad SMARTS) is 1. The van der Waals surface area contributed by atoms with Gasteiger partial charge in [0.15, 0.2) is 0 Å². The molecule has 4 aromatic rings. The second kappa shape index (κ2) is 7.41. The van der Waals surface area contributed by atoms with Crippen LogP contribution in [0.2, 0.25) is 5.02 Å². The van der Waals surface area contributed by atoms with E-state index in [0.29, 0.717) is 32.7 Å². The standard InChI is InChI=1S/C22H14ClNO5/c23-17-8-5-15(6-9-17)21-18-12-16(7-10-19(18)29-22(21)24(27)28)14-3-1-13(2-4-14)11-20(25)26/h1-10,12H,11H2,(H,25,26). The zero-order chi connectivity index (χ0) is 20.5. The summed E-state index contributed by atoms with van der Waals surface area (Å²) in [4.78, 5) is 21.9. The number of benzene rings is 3. The van der Waals surface area contributed by atoms with Gasteiger partial charge in [0.05, 0.1) is 6.42 Å². The number of hydrogen-bond donors (Lipinski definition) is 1. The predicted molar refractivity (Wildman–Crippen MR) is 110 cm³/mol. The number of hydrogen-bond acceptors (Lipinski definition) is 4. The van der Waals surface area contributed by atoms with E-state index < -0.39 is 10.9 Å². The highest BCUT2D eigenvalue weighted by Crippen LogP contribution is 2.41. The number of fused-ring (bicyclic) bond motifs is 1. The smallest absolute Gasteiger partial charge is 0.442 e. The van der Waals surface area contributed by atoms with Crippen LogP contribution < -0.4 is 0 Å². The fraction of sp³-hybridized carbons (Fsp3) is 0.0455. The average molecular weight is 408 g/mol. The molecule has 0 aliphatic heterocycles. The number of furan rings is 1. The van der Waals surface area contributed by atoms with E-state index in [4.69, 9.17) is 21.1 Å². The molecule has 7 heteroatoms. The molecule has 0 aliphatic carbocycles. The van der Waals surface area contributed by atoms with Crippen molar-refractivity contribution in [1.29, 1.82) is 0 Å². The molecule has 0 bridgehead atoms. The summed E-state index contributed by atoms with van der Waals surface area (Å²) in [6.07, 6.45) is -0.0477. The van der Waals surface area contributed by atoms with E-state index in [9.17, 15) is 14.9 Å². The van der Waals surface area contributed by atoms with Gasteiger partial charge in [-0.05, 0) is 46.5 Å². The topological polar surface area (TPSA) is 93.6 Å². The number of aliphatic carboxylic acids is 1. The van der Waals surface area contributed by atoms with E-state index in [1.165, 1.54) is 0 Å². The van der Waals surface area contributed by atoms with Gasteiger partial charge in [-0.3, -0.25) is 14.9 Å². The highest BCUT2D eigenvalue weighted by atomic mass is 35.5. The maximum atomic E-state index is 11.5. The molecular formula is C22H14ClNO5. The van der Waals surface area contributed by atoms with Crippen LogP contribution in [0.4, 0.5) is 5.88 Å². The van der Waals surface area contributed by atoms with Crippen molar-refractivity contribution in [2.24, 2.45) is 0 Å². The van der Waals surface area contributed by atoms with Crippen LogP contribution in [0.25, 0.3) is 33.2 Å². The maximum absolute atomic E-state index is 11.5. The van der Waals surface area contributed by atoms with Gasteiger partial charge in [0, 0.05) is 10.4 Å². The molecule has 4 rings (SSSR count). The third-order valence-electron chi connectivity index (χ3n) is 4.61. The van der Waals surface area contributed by atoms with Crippen molar-refractivity contribution in [3.05, 3.63) is 87.4 Å². The van der Waals surface area contributed by atoms with Crippen LogP contribution in [0.1, 0.15) is 5.56 Å². The van der Waals surface area contributed by atoms with E-state index in [2.05, 4.69) is 0 Å². The monoisotopic (exact) mass is 407 g/mol. The minimum atomic E-state index is -0.891. The van der Waals surface area contributed by atoms with Crippen LogP contribution in [0.3, 0.4) is 0 Å². The van der Waals surface area contributed by atoms with Crippen molar-refractivity contribution in [2.45, 2.75) is 6.42 Å². The Morgan fingerprint density at radius 2 is 1.59 bits per heavy atom. The summed E-state index contributed by atoms with van der Waals surface area (Å²) in [5.41, 5.74) is 3.84. The summed E-state index contributed by atoms with van der Waals surface area (Å²) < 4.78 is 5.50. The van der Waals surface area contributed by atoms with Crippen molar-refractivity contribution in [3.63, 3.8) is 0 Å². The lowest BCUT2D eigenvalue weighted by Gasteiger charge is -2.04. The van der Waals surface area contributed by atoms with E-state index >= 15 is 0 Å². The van der Waals surface area contributed by atoms with Crippen LogP contribution in [0, 0.1) is 10.1 Å². The molecule has 1 N–H and O–H groups in total. The lowest BCUT2D eigenvalue weighted by atomic mass is 9.98. The van der Waals surface area contributed by atoms with E-state index in [1.54, 1.807) is 42.5 Å². The number of halogens is 1. The Morgan fingerprint density at radius 1 is 0.966 bits per heavy atom. The molecule has 0 unspecified atom stereocenters. The summed E-state index contributed by atoms with van der Waals surface area (Å²) in [6, 6.07) is 19.3. The van der Waals surface area contributed by atoms with Gasteiger partial charge < -0.3 is 9.52 Å². The van der Waals surface area contributed by atoms with Crippen molar-refractivity contribution < 1.29 is 19.2 Å². The number of rotatable bonds is 5. The van der Waals surface area contributed by atoms with E-state index in [1.807, 2.05) is 24.3 Å². The first kappa shape index (κ1) is 18.7. The Labute approximate surface area is 170 Å². The zero-order valence-electron chi connectivity index (χ0n) is 15.0. The van der Waals surface area contributed by atoms with E-state index in [0.717, 1.165) is 11.1 Å². The molecule has 0 atom stereocenters. The molecule has 0 amide bonds. The second-order valence-electron chi connectivity index (χ2n) is 6.52. The molecule has 6 nitrogen and oxygen atoms in total. The molecule has 0 aliphatic rings. The molecule has 0 saturated heterocycles. The maximum Gasteiger partial charge on any atom is 0.442 e. The third-order valence-corrected chi connectivity index (χ3v) is 4.86. The van der Waals surface area contributed by atoms with Gasteiger partial charge in [0.25, 0.3) is 0 Å². The fourth-order valence-electron chi connectivity index (χ4n) is 3.28. The van der Waals surface area contributed by atoms with E-state index in [-0.39, 0.29) is 12.3 Å². The quantitative estimate of drug-likeness (QED) is 0.325. The molecular weight excluding hydrogens is 394 g/mol. The van der Waals surface area contributed by atoms with Crippen molar-refractivity contribution in [1.82, 2.24) is 0 Å². The van der Waals surface area contributed by atoms with Gasteiger partial charge in [0.1, 0.15) is 16.1 Å². The molecule has 144 valence electrons.